The first-order valence-electron chi connectivity index (χ1n) is 7.59. The summed E-state index contributed by atoms with van der Waals surface area (Å²) in [4.78, 5) is 38.9. The average molecular weight is 378 g/mol. The van der Waals surface area contributed by atoms with Crippen LogP contribution in [-0.4, -0.2) is 29.3 Å². The molecule has 1 atom stereocenters. The Morgan fingerprint density at radius 1 is 1.28 bits per heavy atom. The highest BCUT2D eigenvalue weighted by atomic mass is 35.5. The zero-order chi connectivity index (χ0) is 18.0. The Morgan fingerprint density at radius 2 is 2.00 bits per heavy atom. The number of benzene rings is 1. The Kier molecular flexibility index (Phi) is 4.78. The van der Waals surface area contributed by atoms with Crippen molar-refractivity contribution in [1.82, 2.24) is 15.5 Å². The van der Waals surface area contributed by atoms with Gasteiger partial charge in [-0.05, 0) is 36.1 Å². The van der Waals surface area contributed by atoms with E-state index in [1.54, 1.807) is 31.2 Å². The van der Waals surface area contributed by atoms with Crippen molar-refractivity contribution < 1.29 is 14.4 Å². The fourth-order valence-corrected chi connectivity index (χ4v) is 3.39. The van der Waals surface area contributed by atoms with E-state index in [2.05, 4.69) is 10.6 Å². The number of nitrogens with one attached hydrogen (secondary N) is 2. The molecule has 4 amide bonds. The van der Waals surface area contributed by atoms with Crippen molar-refractivity contribution in [2.75, 3.05) is 6.54 Å². The van der Waals surface area contributed by atoms with Gasteiger partial charge in [0.15, 0.2) is 0 Å². The molecular formula is C17H16ClN3O3S. The van der Waals surface area contributed by atoms with Gasteiger partial charge in [-0.15, -0.1) is 11.3 Å². The minimum absolute atomic E-state index is 0.320. The highest BCUT2D eigenvalue weighted by Crippen LogP contribution is 2.29. The van der Waals surface area contributed by atoms with Crippen LogP contribution in [0.4, 0.5) is 4.79 Å². The topological polar surface area (TPSA) is 78.5 Å². The fraction of sp³-hybridized carbons (Fsp3) is 0.235. The van der Waals surface area contributed by atoms with Crippen molar-refractivity contribution in [1.29, 1.82) is 0 Å². The Labute approximate surface area is 153 Å². The van der Waals surface area contributed by atoms with Crippen molar-refractivity contribution in [3.8, 4) is 0 Å². The lowest BCUT2D eigenvalue weighted by Crippen LogP contribution is -2.43. The molecule has 3 rings (SSSR count). The van der Waals surface area contributed by atoms with Gasteiger partial charge in [-0.2, -0.15) is 0 Å². The van der Waals surface area contributed by atoms with E-state index in [0.717, 1.165) is 9.78 Å². The molecule has 1 fully saturated rings. The molecule has 25 heavy (non-hydrogen) atoms. The number of halogens is 1. The molecule has 2 heterocycles. The van der Waals surface area contributed by atoms with Crippen LogP contribution in [0.15, 0.2) is 41.8 Å². The van der Waals surface area contributed by atoms with E-state index in [9.17, 15) is 14.4 Å². The summed E-state index contributed by atoms with van der Waals surface area (Å²) >= 11 is 7.39. The molecule has 2 aromatic rings. The lowest BCUT2D eigenvalue weighted by Gasteiger charge is -2.22. The number of amides is 4. The van der Waals surface area contributed by atoms with E-state index in [1.807, 2.05) is 17.5 Å². The lowest BCUT2D eigenvalue weighted by molar-refractivity contribution is -0.134. The number of urea groups is 1. The van der Waals surface area contributed by atoms with Crippen LogP contribution in [0.2, 0.25) is 5.02 Å². The molecule has 6 nitrogen and oxygen atoms in total. The number of carbonyl (C=O) groups excluding carboxylic acids is 3. The molecule has 2 N–H and O–H groups in total. The van der Waals surface area contributed by atoms with Crippen LogP contribution in [0.1, 0.15) is 17.4 Å². The van der Waals surface area contributed by atoms with Gasteiger partial charge in [-0.3, -0.25) is 14.5 Å². The van der Waals surface area contributed by atoms with Gasteiger partial charge < -0.3 is 10.6 Å². The van der Waals surface area contributed by atoms with Gasteiger partial charge in [0.05, 0.1) is 6.54 Å². The van der Waals surface area contributed by atoms with Crippen molar-refractivity contribution in [3.05, 3.63) is 57.2 Å². The minimum Gasteiger partial charge on any atom is -0.350 e. The molecule has 0 saturated carbocycles. The fourth-order valence-electron chi connectivity index (χ4n) is 2.62. The molecule has 0 aliphatic carbocycles. The maximum atomic E-state index is 12.7. The third-order valence-electron chi connectivity index (χ3n) is 4.04. The Morgan fingerprint density at radius 3 is 2.64 bits per heavy atom. The molecule has 8 heteroatoms. The smallest absolute Gasteiger partial charge is 0.325 e. The van der Waals surface area contributed by atoms with Crippen LogP contribution in [0.3, 0.4) is 0 Å². The maximum Gasteiger partial charge on any atom is 0.325 e. The molecule has 0 unspecified atom stereocenters. The van der Waals surface area contributed by atoms with Gasteiger partial charge in [-0.25, -0.2) is 4.79 Å². The Balaban J connectivity index is 1.68. The quantitative estimate of drug-likeness (QED) is 0.786. The molecule has 1 aromatic heterocycles. The standard InChI is InChI=1S/C17H16ClN3O3S/c1-17(11-4-6-12(18)7-5-11)15(23)21(16(24)20-17)10-14(22)19-9-13-3-2-8-25-13/h2-8H,9-10H2,1H3,(H,19,22)(H,20,24)/t17-/m0/s1. The minimum atomic E-state index is -1.21. The molecule has 0 bridgehead atoms. The molecule has 1 aromatic carbocycles. The molecule has 0 radical (unpaired) electrons. The van der Waals surface area contributed by atoms with Crippen molar-refractivity contribution >= 4 is 40.8 Å². The molecular weight excluding hydrogens is 362 g/mol. The second kappa shape index (κ2) is 6.85. The number of imide groups is 1. The van der Waals surface area contributed by atoms with Gasteiger partial charge in [0.2, 0.25) is 5.91 Å². The summed E-state index contributed by atoms with van der Waals surface area (Å²) < 4.78 is 0. The summed E-state index contributed by atoms with van der Waals surface area (Å²) in [6.45, 7) is 1.66. The highest BCUT2D eigenvalue weighted by molar-refractivity contribution is 7.09. The predicted octanol–water partition coefficient (Wildman–Crippen LogP) is 2.48. The first-order valence-corrected chi connectivity index (χ1v) is 8.85. The normalized spacial score (nSPS) is 19.8. The second-order valence-corrected chi connectivity index (χ2v) is 7.28. The van der Waals surface area contributed by atoms with Crippen LogP contribution < -0.4 is 10.6 Å². The van der Waals surface area contributed by atoms with E-state index in [1.165, 1.54) is 11.3 Å². The number of nitrogens with zero attached hydrogens (tertiary/aromatic N) is 1. The van der Waals surface area contributed by atoms with E-state index >= 15 is 0 Å². The van der Waals surface area contributed by atoms with Crippen molar-refractivity contribution in [2.24, 2.45) is 0 Å². The number of rotatable bonds is 5. The van der Waals surface area contributed by atoms with Gasteiger partial charge in [0.1, 0.15) is 12.1 Å². The highest BCUT2D eigenvalue weighted by Gasteiger charge is 2.49. The summed E-state index contributed by atoms with van der Waals surface area (Å²) in [5, 5.41) is 7.81. The zero-order valence-electron chi connectivity index (χ0n) is 13.4. The second-order valence-electron chi connectivity index (χ2n) is 5.81. The Hall–Kier alpha value is -2.38. The third-order valence-corrected chi connectivity index (χ3v) is 5.17. The van der Waals surface area contributed by atoms with Gasteiger partial charge >= 0.3 is 6.03 Å². The van der Waals surface area contributed by atoms with Crippen molar-refractivity contribution in [2.45, 2.75) is 19.0 Å². The van der Waals surface area contributed by atoms with Crippen LogP contribution >= 0.6 is 22.9 Å². The van der Waals surface area contributed by atoms with E-state index in [4.69, 9.17) is 11.6 Å². The third kappa shape index (κ3) is 3.52. The summed E-state index contributed by atoms with van der Waals surface area (Å²) in [5.74, 6) is -0.858. The monoisotopic (exact) mass is 377 g/mol. The Bertz CT molecular complexity index is 807. The van der Waals surface area contributed by atoms with Crippen molar-refractivity contribution in [3.63, 3.8) is 0 Å². The van der Waals surface area contributed by atoms with Gasteiger partial charge in [0.25, 0.3) is 5.91 Å². The maximum absolute atomic E-state index is 12.7. The lowest BCUT2D eigenvalue weighted by atomic mass is 9.92. The van der Waals surface area contributed by atoms with E-state index in [-0.39, 0.29) is 6.54 Å². The molecule has 1 aliphatic heterocycles. The predicted molar refractivity (Wildman–Crippen MR) is 95.2 cm³/mol. The van der Waals surface area contributed by atoms with E-state index < -0.39 is 23.4 Å². The summed E-state index contributed by atoms with van der Waals surface area (Å²) in [5.41, 5.74) is -0.604. The van der Waals surface area contributed by atoms with Gasteiger partial charge in [0, 0.05) is 9.90 Å². The zero-order valence-corrected chi connectivity index (χ0v) is 15.0. The van der Waals surface area contributed by atoms with Crippen LogP contribution in [-0.2, 0) is 21.7 Å². The summed E-state index contributed by atoms with van der Waals surface area (Å²) in [7, 11) is 0. The first kappa shape index (κ1) is 17.4. The van der Waals surface area contributed by atoms with Gasteiger partial charge in [-0.1, -0.05) is 29.8 Å². The number of hydrogen-bond donors (Lipinski definition) is 2. The van der Waals surface area contributed by atoms with Crippen LogP contribution in [0.5, 0.6) is 0 Å². The number of thiophene rings is 1. The molecule has 1 saturated heterocycles. The SMILES string of the molecule is C[C@@]1(c2ccc(Cl)cc2)NC(=O)N(CC(=O)NCc2cccs2)C1=O. The number of hydrogen-bond acceptors (Lipinski definition) is 4. The van der Waals surface area contributed by atoms with Crippen LogP contribution in [0, 0.1) is 0 Å². The average Bonchev–Trinajstić information content (AvgIpc) is 3.17. The largest absolute Gasteiger partial charge is 0.350 e. The summed E-state index contributed by atoms with van der Waals surface area (Å²) in [6.07, 6.45) is 0. The molecule has 0 spiro atoms. The summed E-state index contributed by atoms with van der Waals surface area (Å²) in [6, 6.07) is 9.86. The number of carbonyl (C=O) groups is 3. The molecule has 1 aliphatic rings. The van der Waals surface area contributed by atoms with E-state index in [0.29, 0.717) is 17.1 Å². The molecule has 130 valence electrons. The first-order chi connectivity index (χ1) is 11.9. The van der Waals surface area contributed by atoms with Crippen LogP contribution in [0.25, 0.3) is 0 Å².